The molecule has 0 spiro atoms. The first kappa shape index (κ1) is 14.8. The molecule has 0 unspecified atom stereocenters. The Labute approximate surface area is 130 Å². The van der Waals surface area contributed by atoms with E-state index < -0.39 is 0 Å². The summed E-state index contributed by atoms with van der Waals surface area (Å²) in [5.41, 5.74) is 0.802. The highest BCUT2D eigenvalue weighted by Gasteiger charge is 2.30. The van der Waals surface area contributed by atoms with E-state index in [-0.39, 0.29) is 6.03 Å². The van der Waals surface area contributed by atoms with Crippen molar-refractivity contribution in [2.45, 2.75) is 45.2 Å². The fourth-order valence-corrected chi connectivity index (χ4v) is 3.85. The molecule has 1 aromatic heterocycles. The molecule has 0 bridgehead atoms. The number of nitrogens with one attached hydrogen (secondary N) is 1. The van der Waals surface area contributed by atoms with Crippen molar-refractivity contribution in [1.82, 2.24) is 14.7 Å². The van der Waals surface area contributed by atoms with Crippen LogP contribution in [0.4, 0.5) is 10.5 Å². The van der Waals surface area contributed by atoms with E-state index in [0.29, 0.717) is 12.1 Å². The second-order valence-electron chi connectivity index (χ2n) is 6.16. The zero-order valence-corrected chi connectivity index (χ0v) is 13.6. The Hall–Kier alpha value is -1.17. The van der Waals surface area contributed by atoms with Crippen molar-refractivity contribution in [3.63, 3.8) is 0 Å². The van der Waals surface area contributed by atoms with Gasteiger partial charge in [-0.2, -0.15) is 16.9 Å². The van der Waals surface area contributed by atoms with Crippen molar-refractivity contribution in [3.05, 3.63) is 12.4 Å². The molecular formula is C15H24N4OS. The molecule has 21 heavy (non-hydrogen) atoms. The first-order valence-corrected chi connectivity index (χ1v) is 9.00. The molecule has 2 amide bonds. The van der Waals surface area contributed by atoms with Crippen LogP contribution in [0.25, 0.3) is 0 Å². The van der Waals surface area contributed by atoms with Crippen molar-refractivity contribution < 1.29 is 4.79 Å². The molecule has 2 fully saturated rings. The van der Waals surface area contributed by atoms with Gasteiger partial charge in [-0.3, -0.25) is 4.68 Å². The summed E-state index contributed by atoms with van der Waals surface area (Å²) < 4.78 is 1.98. The van der Waals surface area contributed by atoms with Gasteiger partial charge in [0.2, 0.25) is 0 Å². The van der Waals surface area contributed by atoms with Gasteiger partial charge in [-0.25, -0.2) is 4.79 Å². The summed E-state index contributed by atoms with van der Waals surface area (Å²) in [6.45, 7) is 5.15. The van der Waals surface area contributed by atoms with Gasteiger partial charge in [-0.1, -0.05) is 0 Å². The van der Waals surface area contributed by atoms with Gasteiger partial charge in [0.1, 0.15) is 0 Å². The van der Waals surface area contributed by atoms with Crippen LogP contribution in [0.3, 0.4) is 0 Å². The molecule has 2 aliphatic rings. The number of nitrogens with zero attached hydrogens (tertiary/aromatic N) is 3. The van der Waals surface area contributed by atoms with Crippen LogP contribution in [0.2, 0.25) is 0 Å². The van der Waals surface area contributed by atoms with Gasteiger partial charge in [0.25, 0.3) is 0 Å². The normalized spacial score (nSPS) is 24.5. The quantitative estimate of drug-likeness (QED) is 0.933. The number of hydrogen-bond acceptors (Lipinski definition) is 3. The van der Waals surface area contributed by atoms with Crippen molar-refractivity contribution in [2.75, 3.05) is 23.4 Å². The van der Waals surface area contributed by atoms with Gasteiger partial charge in [0.15, 0.2) is 0 Å². The van der Waals surface area contributed by atoms with Crippen molar-refractivity contribution in [2.24, 2.45) is 5.92 Å². The molecule has 1 aliphatic heterocycles. The fourth-order valence-electron chi connectivity index (χ4n) is 2.81. The Kier molecular flexibility index (Phi) is 4.42. The van der Waals surface area contributed by atoms with Gasteiger partial charge in [0.05, 0.1) is 17.9 Å². The van der Waals surface area contributed by atoms with Gasteiger partial charge in [0, 0.05) is 24.5 Å². The smallest absolute Gasteiger partial charge is 0.321 e. The summed E-state index contributed by atoms with van der Waals surface area (Å²) >= 11 is 1.93. The largest absolute Gasteiger partial charge is 0.322 e. The van der Waals surface area contributed by atoms with Gasteiger partial charge in [-0.05, 0) is 44.8 Å². The molecular weight excluding hydrogens is 284 g/mol. The zero-order valence-electron chi connectivity index (χ0n) is 12.8. The summed E-state index contributed by atoms with van der Waals surface area (Å²) in [5.74, 6) is 2.92. The number of thioether (sulfide) groups is 1. The van der Waals surface area contributed by atoms with Crippen LogP contribution in [0.1, 0.15) is 39.2 Å². The van der Waals surface area contributed by atoms with E-state index in [9.17, 15) is 4.79 Å². The highest BCUT2D eigenvalue weighted by molar-refractivity contribution is 7.99. The molecule has 1 saturated heterocycles. The number of aromatic nitrogens is 2. The Bertz CT molecular complexity index is 500. The lowest BCUT2D eigenvalue weighted by Crippen LogP contribution is -2.41. The minimum absolute atomic E-state index is 0.00336. The highest BCUT2D eigenvalue weighted by atomic mass is 32.2. The third-order valence-electron chi connectivity index (χ3n) is 4.52. The minimum Gasteiger partial charge on any atom is -0.321 e. The molecule has 2 atom stereocenters. The summed E-state index contributed by atoms with van der Waals surface area (Å²) in [6.07, 6.45) is 7.37. The van der Waals surface area contributed by atoms with Crippen LogP contribution < -0.4 is 5.32 Å². The van der Waals surface area contributed by atoms with E-state index >= 15 is 0 Å². The Morgan fingerprint density at radius 3 is 3.00 bits per heavy atom. The standard InChI is InChI=1S/C15H24N4OS/c1-11-5-7-21-8-6-18(11)15(20)17-14-9-16-19(10-14)12(2)13-3-4-13/h9-13H,3-8H2,1-2H3,(H,17,20)/t11-,12-/m0/s1. The first-order chi connectivity index (χ1) is 10.1. The average Bonchev–Trinajstić information content (AvgIpc) is 3.24. The Balaban J connectivity index is 1.61. The molecule has 1 aliphatic carbocycles. The second kappa shape index (κ2) is 6.30. The number of urea groups is 1. The summed E-state index contributed by atoms with van der Waals surface area (Å²) in [6, 6.07) is 0.744. The molecule has 6 heteroatoms. The topological polar surface area (TPSA) is 50.2 Å². The molecule has 1 saturated carbocycles. The van der Waals surface area contributed by atoms with Crippen molar-refractivity contribution in [3.8, 4) is 0 Å². The number of anilines is 1. The van der Waals surface area contributed by atoms with Crippen LogP contribution in [0.15, 0.2) is 12.4 Å². The maximum absolute atomic E-state index is 12.4. The van der Waals surface area contributed by atoms with Crippen LogP contribution in [0, 0.1) is 5.92 Å². The predicted octanol–water partition coefficient (Wildman–Crippen LogP) is 3.21. The number of rotatable bonds is 3. The maximum atomic E-state index is 12.4. The van der Waals surface area contributed by atoms with Gasteiger partial charge < -0.3 is 10.2 Å². The van der Waals surface area contributed by atoms with Gasteiger partial charge in [-0.15, -0.1) is 0 Å². The summed E-state index contributed by atoms with van der Waals surface area (Å²) in [5, 5.41) is 7.39. The minimum atomic E-state index is 0.00336. The molecule has 2 heterocycles. The number of carbonyl (C=O) groups excluding carboxylic acids is 1. The van der Waals surface area contributed by atoms with Crippen molar-refractivity contribution >= 4 is 23.5 Å². The van der Waals surface area contributed by atoms with E-state index in [4.69, 9.17) is 0 Å². The van der Waals surface area contributed by atoms with Gasteiger partial charge >= 0.3 is 6.03 Å². The van der Waals surface area contributed by atoms with Crippen LogP contribution in [-0.4, -0.2) is 44.8 Å². The molecule has 3 rings (SSSR count). The van der Waals surface area contributed by atoms with Crippen LogP contribution >= 0.6 is 11.8 Å². The third kappa shape index (κ3) is 3.54. The maximum Gasteiger partial charge on any atom is 0.322 e. The average molecular weight is 308 g/mol. The van der Waals surface area contributed by atoms with Crippen LogP contribution in [-0.2, 0) is 0 Å². The van der Waals surface area contributed by atoms with E-state index in [1.807, 2.05) is 27.5 Å². The van der Waals surface area contributed by atoms with E-state index in [1.54, 1.807) is 6.20 Å². The Morgan fingerprint density at radius 2 is 2.24 bits per heavy atom. The third-order valence-corrected chi connectivity index (χ3v) is 5.52. The summed E-state index contributed by atoms with van der Waals surface area (Å²) in [4.78, 5) is 14.4. The SMILES string of the molecule is C[C@H]1CCSCCN1C(=O)Nc1cnn([C@@H](C)C2CC2)c1. The molecule has 5 nitrogen and oxygen atoms in total. The first-order valence-electron chi connectivity index (χ1n) is 7.84. The lowest BCUT2D eigenvalue weighted by Gasteiger charge is -2.26. The van der Waals surface area contributed by atoms with Crippen molar-refractivity contribution in [1.29, 1.82) is 0 Å². The molecule has 0 aromatic carbocycles. The molecule has 116 valence electrons. The van der Waals surface area contributed by atoms with E-state index in [0.717, 1.165) is 36.1 Å². The van der Waals surface area contributed by atoms with Crippen LogP contribution in [0.5, 0.6) is 0 Å². The zero-order chi connectivity index (χ0) is 14.8. The second-order valence-corrected chi connectivity index (χ2v) is 7.39. The predicted molar refractivity (Wildman–Crippen MR) is 86.8 cm³/mol. The summed E-state index contributed by atoms with van der Waals surface area (Å²) in [7, 11) is 0. The molecule has 1 N–H and O–H groups in total. The fraction of sp³-hybridized carbons (Fsp3) is 0.733. The van der Waals surface area contributed by atoms with E-state index in [2.05, 4.69) is 24.3 Å². The lowest BCUT2D eigenvalue weighted by atomic mass is 10.2. The number of carbonyl (C=O) groups is 1. The number of hydrogen-bond donors (Lipinski definition) is 1. The molecule has 1 aromatic rings. The monoisotopic (exact) mass is 308 g/mol. The highest BCUT2D eigenvalue weighted by Crippen LogP contribution is 2.39. The number of amides is 2. The lowest BCUT2D eigenvalue weighted by molar-refractivity contribution is 0.197. The van der Waals surface area contributed by atoms with E-state index in [1.165, 1.54) is 12.8 Å². The Morgan fingerprint density at radius 1 is 1.43 bits per heavy atom. The molecule has 0 radical (unpaired) electrons.